The number of H-pyrrole nitrogens is 1. The molecule has 0 atom stereocenters. The summed E-state index contributed by atoms with van der Waals surface area (Å²) < 4.78 is 14.3. The Morgan fingerprint density at radius 2 is 1.81 bits per heavy atom. The van der Waals surface area contributed by atoms with E-state index in [4.69, 9.17) is 0 Å². The van der Waals surface area contributed by atoms with Gasteiger partial charge >= 0.3 is 0 Å². The van der Waals surface area contributed by atoms with Crippen molar-refractivity contribution in [3.63, 3.8) is 0 Å². The molecule has 0 aliphatic rings. The zero-order chi connectivity index (χ0) is 19.0. The van der Waals surface area contributed by atoms with Gasteiger partial charge in [0.05, 0.1) is 15.9 Å². The van der Waals surface area contributed by atoms with E-state index in [2.05, 4.69) is 36.4 Å². The van der Waals surface area contributed by atoms with Gasteiger partial charge in [-0.2, -0.15) is 5.10 Å². The summed E-state index contributed by atoms with van der Waals surface area (Å²) in [6.45, 7) is 1.47. The van der Waals surface area contributed by atoms with Gasteiger partial charge in [0, 0.05) is 29.1 Å². The van der Waals surface area contributed by atoms with Crippen LogP contribution in [0.15, 0.2) is 59.1 Å². The van der Waals surface area contributed by atoms with Crippen molar-refractivity contribution in [2.45, 2.75) is 6.92 Å². The lowest BCUT2D eigenvalue weighted by Gasteiger charge is -2.05. The smallest absolute Gasteiger partial charge is 0.221 e. The molecule has 0 saturated heterocycles. The fourth-order valence-corrected chi connectivity index (χ4v) is 3.10. The quantitative estimate of drug-likeness (QED) is 0.477. The molecule has 0 bridgehead atoms. The van der Waals surface area contributed by atoms with Crippen LogP contribution >= 0.6 is 15.9 Å². The number of hydrogen-bond donors (Lipinski definition) is 2. The van der Waals surface area contributed by atoms with E-state index in [1.165, 1.54) is 13.0 Å². The molecular weight excluding hydrogens is 411 g/mol. The Hall–Kier alpha value is -3.06. The topological polar surface area (TPSA) is 70.7 Å². The Kier molecular flexibility index (Phi) is 4.45. The molecule has 4 rings (SSSR count). The van der Waals surface area contributed by atoms with E-state index in [-0.39, 0.29) is 11.7 Å². The zero-order valence-electron chi connectivity index (χ0n) is 14.3. The van der Waals surface area contributed by atoms with Crippen molar-refractivity contribution in [2.75, 3.05) is 5.32 Å². The molecule has 5 nitrogen and oxygen atoms in total. The second-order valence-electron chi connectivity index (χ2n) is 6.05. The number of nitrogens with zero attached hydrogens (tertiary/aromatic N) is 2. The van der Waals surface area contributed by atoms with E-state index < -0.39 is 0 Å². The van der Waals surface area contributed by atoms with E-state index in [1.54, 1.807) is 6.07 Å². The highest BCUT2D eigenvalue weighted by atomic mass is 79.9. The van der Waals surface area contributed by atoms with Gasteiger partial charge in [0.25, 0.3) is 0 Å². The number of halogens is 2. The van der Waals surface area contributed by atoms with Crippen LogP contribution in [0.3, 0.4) is 0 Å². The number of fused-ring (bicyclic) bond motifs is 1. The van der Waals surface area contributed by atoms with Crippen molar-refractivity contribution in [3.05, 3.63) is 64.9 Å². The van der Waals surface area contributed by atoms with Crippen LogP contribution in [0, 0.1) is 5.82 Å². The van der Waals surface area contributed by atoms with E-state index in [1.807, 2.05) is 42.5 Å². The number of carbonyl (C=O) groups is 1. The largest absolute Gasteiger partial charge is 0.326 e. The average Bonchev–Trinajstić information content (AvgIpc) is 3.07. The maximum atomic E-state index is 13.8. The fraction of sp³-hybridized carbons (Fsp3) is 0.0500. The summed E-state index contributed by atoms with van der Waals surface area (Å²) in [5.74, 6) is -0.449. The lowest BCUT2D eigenvalue weighted by Crippen LogP contribution is -2.05. The van der Waals surface area contributed by atoms with Crippen LogP contribution in [-0.4, -0.2) is 21.1 Å². The standard InChI is InChI=1S/C20H14BrFN4O/c1-11(27)23-14-5-2-12(3-6-14)18-9-7-15-19(25-26-20(15)24-18)13-4-8-16(21)17(22)10-13/h2-10H,1H3,(H,23,27)(H,24,25,26). The van der Waals surface area contributed by atoms with E-state index >= 15 is 0 Å². The van der Waals surface area contributed by atoms with E-state index in [0.717, 1.165) is 28.0 Å². The Morgan fingerprint density at radius 3 is 2.52 bits per heavy atom. The molecule has 2 N–H and O–H groups in total. The molecule has 0 unspecified atom stereocenters. The third-order valence-corrected chi connectivity index (χ3v) is 4.77. The van der Waals surface area contributed by atoms with Crippen molar-refractivity contribution in [1.82, 2.24) is 15.2 Å². The molecule has 0 spiro atoms. The highest BCUT2D eigenvalue weighted by molar-refractivity contribution is 9.10. The van der Waals surface area contributed by atoms with Gasteiger partial charge in [-0.25, -0.2) is 9.37 Å². The zero-order valence-corrected chi connectivity index (χ0v) is 15.8. The number of amides is 1. The molecule has 0 saturated carbocycles. The minimum atomic E-state index is -0.334. The summed E-state index contributed by atoms with van der Waals surface area (Å²) in [6, 6.07) is 16.2. The summed E-state index contributed by atoms with van der Waals surface area (Å²) in [7, 11) is 0. The number of nitrogens with one attached hydrogen (secondary N) is 2. The summed E-state index contributed by atoms with van der Waals surface area (Å²) in [4.78, 5) is 15.7. The molecule has 2 aromatic heterocycles. The first-order valence-electron chi connectivity index (χ1n) is 8.20. The molecule has 0 radical (unpaired) electrons. The number of hydrogen-bond acceptors (Lipinski definition) is 3. The number of carbonyl (C=O) groups excluding carboxylic acids is 1. The van der Waals surface area contributed by atoms with Gasteiger partial charge in [-0.1, -0.05) is 18.2 Å². The monoisotopic (exact) mass is 424 g/mol. The fourth-order valence-electron chi connectivity index (χ4n) is 2.86. The van der Waals surface area contributed by atoms with Crippen molar-refractivity contribution in [3.8, 4) is 22.5 Å². The van der Waals surface area contributed by atoms with Gasteiger partial charge in [0.15, 0.2) is 5.65 Å². The second kappa shape index (κ2) is 6.92. The predicted molar refractivity (Wildman–Crippen MR) is 107 cm³/mol. The van der Waals surface area contributed by atoms with Gasteiger partial charge in [0.1, 0.15) is 5.82 Å². The van der Waals surface area contributed by atoms with Crippen molar-refractivity contribution in [1.29, 1.82) is 0 Å². The number of benzene rings is 2. The SMILES string of the molecule is CC(=O)Nc1ccc(-c2ccc3c(-c4ccc(Br)c(F)c4)[nH]nc3n2)cc1. The molecule has 2 aromatic carbocycles. The summed E-state index contributed by atoms with van der Waals surface area (Å²) in [5, 5.41) is 10.8. The molecule has 0 fully saturated rings. The lowest BCUT2D eigenvalue weighted by molar-refractivity contribution is -0.114. The van der Waals surface area contributed by atoms with Crippen LogP contribution in [0.1, 0.15) is 6.92 Å². The minimum Gasteiger partial charge on any atom is -0.326 e. The number of aromatic nitrogens is 3. The summed E-state index contributed by atoms with van der Waals surface area (Å²) >= 11 is 3.16. The maximum absolute atomic E-state index is 13.8. The first-order chi connectivity index (χ1) is 13.0. The first-order valence-corrected chi connectivity index (χ1v) is 8.99. The number of anilines is 1. The average molecular weight is 425 g/mol. The minimum absolute atomic E-state index is 0.115. The van der Waals surface area contributed by atoms with Crippen molar-refractivity contribution >= 4 is 38.6 Å². The normalized spacial score (nSPS) is 10.9. The predicted octanol–water partition coefficient (Wildman–Crippen LogP) is 5.15. The summed E-state index contributed by atoms with van der Waals surface area (Å²) in [6.07, 6.45) is 0. The second-order valence-corrected chi connectivity index (χ2v) is 6.91. The molecule has 2 heterocycles. The molecule has 1 amide bonds. The molecule has 0 aliphatic heterocycles. The van der Waals surface area contributed by atoms with Crippen LogP contribution in [0.25, 0.3) is 33.5 Å². The third-order valence-electron chi connectivity index (χ3n) is 4.13. The van der Waals surface area contributed by atoms with Gasteiger partial charge in [-0.15, -0.1) is 0 Å². The maximum Gasteiger partial charge on any atom is 0.221 e. The lowest BCUT2D eigenvalue weighted by atomic mass is 10.1. The Labute approximate surface area is 162 Å². The number of rotatable bonds is 3. The van der Waals surface area contributed by atoms with Crippen LogP contribution in [0.4, 0.5) is 10.1 Å². The van der Waals surface area contributed by atoms with Crippen molar-refractivity contribution in [2.24, 2.45) is 0 Å². The molecule has 4 aromatic rings. The molecule has 134 valence electrons. The van der Waals surface area contributed by atoms with Crippen LogP contribution < -0.4 is 5.32 Å². The van der Waals surface area contributed by atoms with E-state index in [0.29, 0.717) is 15.7 Å². The highest BCUT2D eigenvalue weighted by Gasteiger charge is 2.12. The Morgan fingerprint density at radius 1 is 1.07 bits per heavy atom. The Balaban J connectivity index is 1.69. The third kappa shape index (κ3) is 3.46. The molecule has 0 aliphatic carbocycles. The highest BCUT2D eigenvalue weighted by Crippen LogP contribution is 2.30. The molecule has 27 heavy (non-hydrogen) atoms. The van der Waals surface area contributed by atoms with Crippen LogP contribution in [-0.2, 0) is 4.79 Å². The van der Waals surface area contributed by atoms with Crippen LogP contribution in [0.2, 0.25) is 0 Å². The molecule has 7 heteroatoms. The van der Waals surface area contributed by atoms with Gasteiger partial charge < -0.3 is 5.32 Å². The van der Waals surface area contributed by atoms with E-state index in [9.17, 15) is 9.18 Å². The van der Waals surface area contributed by atoms with Gasteiger partial charge in [-0.05, 0) is 52.3 Å². The van der Waals surface area contributed by atoms with Gasteiger partial charge in [0.2, 0.25) is 5.91 Å². The van der Waals surface area contributed by atoms with Crippen LogP contribution in [0.5, 0.6) is 0 Å². The first kappa shape index (κ1) is 17.4. The number of aromatic amines is 1. The van der Waals surface area contributed by atoms with Crippen molar-refractivity contribution < 1.29 is 9.18 Å². The summed E-state index contributed by atoms with van der Waals surface area (Å²) in [5.41, 5.74) is 4.37. The molecular formula is C20H14BrFN4O. The Bertz CT molecular complexity index is 1150. The van der Waals surface area contributed by atoms with Gasteiger partial charge in [-0.3, -0.25) is 9.89 Å². The number of pyridine rings is 1.